The molecule has 0 aliphatic heterocycles. The molecule has 0 aromatic carbocycles. The van der Waals surface area contributed by atoms with Crippen LogP contribution in [0.1, 0.15) is 20.8 Å². The van der Waals surface area contributed by atoms with Crippen LogP contribution in [0, 0.1) is 5.92 Å². The van der Waals surface area contributed by atoms with E-state index < -0.39 is 0 Å². The lowest BCUT2D eigenvalue weighted by Crippen LogP contribution is -2.00. The maximum Gasteiger partial charge on any atom is 0.168 e. The Bertz CT molecular complexity index is 219. The first-order valence-electron chi connectivity index (χ1n) is 4.98. The fourth-order valence-electron chi connectivity index (χ4n) is 0.708. The molecule has 0 nitrogen and oxygen atoms in total. The number of hydrogen-bond donors (Lipinski definition) is 0. The fourth-order valence-corrected chi connectivity index (χ4v) is 0.708. The first-order chi connectivity index (χ1) is 5.95. The minimum absolute atomic E-state index is 0.545. The molecule has 0 bridgehead atoms. The zero-order valence-corrected chi connectivity index (χ0v) is 9.59. The second-order valence-corrected chi connectivity index (χ2v) is 4.15. The van der Waals surface area contributed by atoms with Crippen LogP contribution in [0.2, 0.25) is 13.6 Å². The van der Waals surface area contributed by atoms with Crippen molar-refractivity contribution in [1.82, 2.24) is 0 Å². The standard InChI is InChI=1S/C12H21B/c1-10(2)11(3)8-7-9-12(4)13(5)6/h7-10H,4H2,1-3,5-6H3/b9-7-,11-8+. The van der Waals surface area contributed by atoms with Gasteiger partial charge in [0.15, 0.2) is 6.71 Å². The van der Waals surface area contributed by atoms with E-state index in [9.17, 15) is 0 Å². The Morgan fingerprint density at radius 2 is 1.85 bits per heavy atom. The summed E-state index contributed by atoms with van der Waals surface area (Å²) >= 11 is 0. The molecule has 0 aliphatic rings. The fraction of sp³-hybridized carbons (Fsp3) is 0.500. The summed E-state index contributed by atoms with van der Waals surface area (Å²) in [6.07, 6.45) is 6.35. The summed E-state index contributed by atoms with van der Waals surface area (Å²) in [5.41, 5.74) is 2.60. The Morgan fingerprint density at radius 3 is 2.23 bits per heavy atom. The number of hydrogen-bond acceptors (Lipinski definition) is 0. The molecule has 0 atom stereocenters. The Balaban J connectivity index is 4.15. The van der Waals surface area contributed by atoms with Crippen LogP contribution in [0.5, 0.6) is 0 Å². The molecule has 0 saturated heterocycles. The van der Waals surface area contributed by atoms with E-state index in [1.165, 1.54) is 11.0 Å². The normalized spacial score (nSPS) is 12.6. The van der Waals surface area contributed by atoms with E-state index in [0.717, 1.165) is 0 Å². The summed E-state index contributed by atoms with van der Waals surface area (Å²) in [7, 11) is 0. The van der Waals surface area contributed by atoms with E-state index in [0.29, 0.717) is 12.6 Å². The summed E-state index contributed by atoms with van der Waals surface area (Å²) < 4.78 is 0. The molecule has 0 fully saturated rings. The first kappa shape index (κ1) is 12.3. The lowest BCUT2D eigenvalue weighted by atomic mass is 9.49. The van der Waals surface area contributed by atoms with Gasteiger partial charge in [-0.05, 0) is 12.8 Å². The Hall–Kier alpha value is -0.715. The van der Waals surface area contributed by atoms with Gasteiger partial charge in [0.25, 0.3) is 0 Å². The Labute approximate surface area is 83.5 Å². The van der Waals surface area contributed by atoms with Crippen LogP contribution in [-0.4, -0.2) is 6.71 Å². The lowest BCUT2D eigenvalue weighted by Gasteiger charge is -2.02. The highest BCUT2D eigenvalue weighted by Crippen LogP contribution is 2.08. The minimum atomic E-state index is 0.545. The second kappa shape index (κ2) is 5.85. The molecule has 0 aliphatic carbocycles. The quantitative estimate of drug-likeness (QED) is 0.448. The minimum Gasteiger partial charge on any atom is -0.105 e. The van der Waals surface area contributed by atoms with Crippen molar-refractivity contribution >= 4 is 6.71 Å². The van der Waals surface area contributed by atoms with Crippen molar-refractivity contribution in [2.45, 2.75) is 34.4 Å². The van der Waals surface area contributed by atoms with E-state index >= 15 is 0 Å². The van der Waals surface area contributed by atoms with E-state index in [1.807, 2.05) is 0 Å². The molecule has 0 aromatic heterocycles. The predicted molar refractivity (Wildman–Crippen MR) is 64.4 cm³/mol. The maximum absolute atomic E-state index is 3.98. The van der Waals surface area contributed by atoms with E-state index in [2.05, 4.69) is 59.2 Å². The van der Waals surface area contributed by atoms with Gasteiger partial charge in [-0.3, -0.25) is 0 Å². The maximum atomic E-state index is 3.98. The third kappa shape index (κ3) is 5.51. The van der Waals surface area contributed by atoms with Gasteiger partial charge in [0.05, 0.1) is 0 Å². The molecule has 72 valence electrons. The topological polar surface area (TPSA) is 0 Å². The molecule has 0 aromatic rings. The van der Waals surface area contributed by atoms with Gasteiger partial charge in [-0.2, -0.15) is 0 Å². The van der Waals surface area contributed by atoms with Gasteiger partial charge in [0, 0.05) is 0 Å². The van der Waals surface area contributed by atoms with Crippen molar-refractivity contribution in [1.29, 1.82) is 0 Å². The highest BCUT2D eigenvalue weighted by molar-refractivity contribution is 6.64. The molecule has 0 heterocycles. The molecule has 0 radical (unpaired) electrons. The molecule has 0 rings (SSSR count). The monoisotopic (exact) mass is 176 g/mol. The number of allylic oxidation sites excluding steroid dienone is 5. The van der Waals surface area contributed by atoms with Crippen molar-refractivity contribution in [2.24, 2.45) is 5.92 Å². The SMILES string of the molecule is C=C(/C=C\C=C(/C)C(C)C)B(C)C. The summed E-state index contributed by atoms with van der Waals surface area (Å²) in [5, 5.41) is 0. The molecule has 0 saturated carbocycles. The summed E-state index contributed by atoms with van der Waals surface area (Å²) in [4.78, 5) is 0. The molecule has 0 amide bonds. The van der Waals surface area contributed by atoms with E-state index in [-0.39, 0.29) is 0 Å². The highest BCUT2D eigenvalue weighted by Gasteiger charge is 1.98. The third-order valence-electron chi connectivity index (χ3n) is 2.32. The van der Waals surface area contributed by atoms with Crippen LogP contribution in [0.3, 0.4) is 0 Å². The Morgan fingerprint density at radius 1 is 1.31 bits per heavy atom. The van der Waals surface area contributed by atoms with Crippen molar-refractivity contribution in [3.05, 3.63) is 35.9 Å². The molecule has 0 unspecified atom stereocenters. The summed E-state index contributed by atoms with van der Waals surface area (Å²) in [5.74, 6) is 0.636. The van der Waals surface area contributed by atoms with Crippen molar-refractivity contribution in [2.75, 3.05) is 0 Å². The van der Waals surface area contributed by atoms with Gasteiger partial charge >= 0.3 is 0 Å². The van der Waals surface area contributed by atoms with Crippen LogP contribution in [-0.2, 0) is 0 Å². The van der Waals surface area contributed by atoms with Gasteiger partial charge in [0.2, 0.25) is 0 Å². The van der Waals surface area contributed by atoms with Crippen LogP contribution < -0.4 is 0 Å². The molecular formula is C12H21B. The van der Waals surface area contributed by atoms with Crippen LogP contribution in [0.25, 0.3) is 0 Å². The van der Waals surface area contributed by atoms with E-state index in [1.54, 1.807) is 0 Å². The van der Waals surface area contributed by atoms with Crippen molar-refractivity contribution in [3.63, 3.8) is 0 Å². The number of rotatable bonds is 4. The second-order valence-electron chi connectivity index (χ2n) is 4.15. The predicted octanol–water partition coefficient (Wildman–Crippen LogP) is 3.99. The molecular weight excluding hydrogens is 155 g/mol. The first-order valence-corrected chi connectivity index (χ1v) is 4.98. The molecule has 0 N–H and O–H groups in total. The zero-order valence-electron chi connectivity index (χ0n) is 9.59. The van der Waals surface area contributed by atoms with Gasteiger partial charge in [-0.25, -0.2) is 0 Å². The highest BCUT2D eigenvalue weighted by atomic mass is 14.0. The average Bonchev–Trinajstić information content (AvgIpc) is 2.03. The van der Waals surface area contributed by atoms with E-state index in [4.69, 9.17) is 0 Å². The van der Waals surface area contributed by atoms with Crippen LogP contribution in [0.4, 0.5) is 0 Å². The van der Waals surface area contributed by atoms with Crippen molar-refractivity contribution < 1.29 is 0 Å². The molecule has 1 heteroatoms. The van der Waals surface area contributed by atoms with Gasteiger partial charge in [0.1, 0.15) is 0 Å². The lowest BCUT2D eigenvalue weighted by molar-refractivity contribution is 0.769. The van der Waals surface area contributed by atoms with Crippen LogP contribution in [0.15, 0.2) is 35.9 Å². The van der Waals surface area contributed by atoms with Gasteiger partial charge in [-0.15, -0.1) is 6.58 Å². The largest absolute Gasteiger partial charge is 0.168 e. The Kier molecular flexibility index (Phi) is 5.53. The molecule has 0 spiro atoms. The van der Waals surface area contributed by atoms with Gasteiger partial charge < -0.3 is 0 Å². The zero-order chi connectivity index (χ0) is 10.4. The van der Waals surface area contributed by atoms with Crippen LogP contribution >= 0.6 is 0 Å². The summed E-state index contributed by atoms with van der Waals surface area (Å²) in [6.45, 7) is 15.4. The third-order valence-corrected chi connectivity index (χ3v) is 2.32. The summed E-state index contributed by atoms with van der Waals surface area (Å²) in [6, 6.07) is 0. The molecule has 13 heavy (non-hydrogen) atoms. The average molecular weight is 176 g/mol. The smallest absolute Gasteiger partial charge is 0.105 e. The van der Waals surface area contributed by atoms with Crippen molar-refractivity contribution in [3.8, 4) is 0 Å². The van der Waals surface area contributed by atoms with Gasteiger partial charge in [-0.1, -0.05) is 56.8 Å².